The molecule has 0 radical (unpaired) electrons. The Morgan fingerprint density at radius 2 is 1.09 bits per heavy atom. The third-order valence-corrected chi connectivity index (χ3v) is 11.4. The molecular weight excluding hydrogens is 585 g/mol. The number of rotatable bonds is 14. The molecule has 0 unspecified atom stereocenters. The van der Waals surface area contributed by atoms with Crippen LogP contribution in [0.5, 0.6) is 0 Å². The van der Waals surface area contributed by atoms with Crippen LogP contribution in [0.15, 0.2) is 109 Å². The minimum Gasteiger partial charge on any atom is -0.371 e. The third kappa shape index (κ3) is 8.44. The lowest BCUT2D eigenvalue weighted by molar-refractivity contribution is 0.0863. The summed E-state index contributed by atoms with van der Waals surface area (Å²) in [5, 5.41) is 10.2. The topological polar surface area (TPSA) is 61.4 Å². The van der Waals surface area contributed by atoms with Gasteiger partial charge in [0.2, 0.25) is 0 Å². The molecule has 46 heavy (non-hydrogen) atoms. The maximum atomic E-state index is 14.1. The standard InChI is InChI=1S/C40H48N3O2P/c1-3-5-29-43(30-6-4-2)37-27-17-13-23-33(37)39(44)41-35-25-15-16-26-36(35)42-40(45)34-24-14-18-28-38(34)46(31-19-9-7-10-20-31)32-21-11-8-12-22-32/h7-14,17-24,27-28,35-36H,3-6,15-16,25-26,29-30H2,1-2H3,(H,41,44)(H,42,45)/t35-,36-/m1/s1. The summed E-state index contributed by atoms with van der Waals surface area (Å²) in [5.41, 5.74) is 2.42. The van der Waals surface area contributed by atoms with Gasteiger partial charge in [0.25, 0.3) is 11.8 Å². The summed E-state index contributed by atoms with van der Waals surface area (Å²) in [5.74, 6) is -0.136. The number of benzene rings is 4. The number of carbonyl (C=O) groups excluding carboxylic acids is 2. The van der Waals surface area contributed by atoms with Crippen LogP contribution in [0.3, 0.4) is 0 Å². The summed E-state index contributed by atoms with van der Waals surface area (Å²) >= 11 is 0. The van der Waals surface area contributed by atoms with E-state index in [0.29, 0.717) is 11.1 Å². The summed E-state index contributed by atoms with van der Waals surface area (Å²) in [6.07, 6.45) is 8.15. The highest BCUT2D eigenvalue weighted by atomic mass is 31.1. The molecule has 2 atom stereocenters. The van der Waals surface area contributed by atoms with E-state index in [1.54, 1.807) is 0 Å². The monoisotopic (exact) mass is 633 g/mol. The highest BCUT2D eigenvalue weighted by Crippen LogP contribution is 2.34. The van der Waals surface area contributed by atoms with Crippen molar-refractivity contribution in [2.75, 3.05) is 18.0 Å². The Morgan fingerprint density at radius 3 is 1.63 bits per heavy atom. The molecule has 0 saturated heterocycles. The number of amides is 2. The number of para-hydroxylation sites is 1. The Labute approximate surface area is 276 Å². The van der Waals surface area contributed by atoms with Crippen molar-refractivity contribution in [3.05, 3.63) is 120 Å². The lowest BCUT2D eigenvalue weighted by Gasteiger charge is -2.34. The molecule has 4 aromatic rings. The highest BCUT2D eigenvalue weighted by Gasteiger charge is 2.31. The summed E-state index contributed by atoms with van der Waals surface area (Å²) < 4.78 is 0. The SMILES string of the molecule is CCCCN(CCCC)c1ccccc1C(=O)N[C@@H]1CCCC[C@H]1NC(=O)c1ccccc1P(c1ccccc1)c1ccccc1. The summed E-state index contributed by atoms with van der Waals surface area (Å²) in [4.78, 5) is 30.4. The minimum absolute atomic E-state index is 0.0585. The molecule has 2 N–H and O–H groups in total. The van der Waals surface area contributed by atoms with Crippen molar-refractivity contribution >= 4 is 41.3 Å². The first kappa shape index (κ1) is 33.4. The summed E-state index contributed by atoms with van der Waals surface area (Å²) in [7, 11) is -0.932. The lowest BCUT2D eigenvalue weighted by Crippen LogP contribution is -2.53. The van der Waals surface area contributed by atoms with Gasteiger partial charge in [-0.05, 0) is 67.7 Å². The van der Waals surface area contributed by atoms with Gasteiger partial charge >= 0.3 is 0 Å². The zero-order chi connectivity index (χ0) is 32.1. The van der Waals surface area contributed by atoms with Gasteiger partial charge in [-0.2, -0.15) is 0 Å². The number of nitrogens with one attached hydrogen (secondary N) is 2. The van der Waals surface area contributed by atoms with Crippen LogP contribution >= 0.6 is 7.92 Å². The predicted octanol–water partition coefficient (Wildman–Crippen LogP) is 7.32. The van der Waals surface area contributed by atoms with E-state index >= 15 is 0 Å². The van der Waals surface area contributed by atoms with Gasteiger partial charge in [0.05, 0.1) is 5.56 Å². The van der Waals surface area contributed by atoms with Gasteiger partial charge in [-0.15, -0.1) is 0 Å². The number of nitrogens with zero attached hydrogens (tertiary/aromatic N) is 1. The predicted molar refractivity (Wildman–Crippen MR) is 195 cm³/mol. The number of anilines is 1. The van der Waals surface area contributed by atoms with Gasteiger partial charge in [-0.3, -0.25) is 9.59 Å². The van der Waals surface area contributed by atoms with E-state index in [-0.39, 0.29) is 23.9 Å². The van der Waals surface area contributed by atoms with Gasteiger partial charge < -0.3 is 15.5 Å². The van der Waals surface area contributed by atoms with Crippen molar-refractivity contribution in [1.29, 1.82) is 0 Å². The highest BCUT2D eigenvalue weighted by molar-refractivity contribution is 7.80. The molecule has 5 nitrogen and oxygen atoms in total. The van der Waals surface area contributed by atoms with E-state index < -0.39 is 7.92 Å². The van der Waals surface area contributed by atoms with Crippen molar-refractivity contribution in [1.82, 2.24) is 10.6 Å². The van der Waals surface area contributed by atoms with Crippen LogP contribution < -0.4 is 31.4 Å². The lowest BCUT2D eigenvalue weighted by atomic mass is 9.89. The molecule has 2 amide bonds. The van der Waals surface area contributed by atoms with E-state index in [0.717, 1.165) is 75.4 Å². The fourth-order valence-corrected chi connectivity index (χ4v) is 8.85. The van der Waals surface area contributed by atoms with Crippen molar-refractivity contribution in [3.8, 4) is 0 Å². The number of hydrogen-bond donors (Lipinski definition) is 2. The fraction of sp³-hybridized carbons (Fsp3) is 0.350. The molecule has 1 saturated carbocycles. The Hall–Kier alpha value is -3.95. The molecule has 1 aliphatic rings. The third-order valence-electron chi connectivity index (χ3n) is 8.87. The number of unbranched alkanes of at least 4 members (excludes halogenated alkanes) is 2. The van der Waals surface area contributed by atoms with E-state index in [4.69, 9.17) is 0 Å². The molecule has 4 aromatic carbocycles. The molecule has 0 aromatic heterocycles. The van der Waals surface area contributed by atoms with E-state index in [2.05, 4.69) is 90.0 Å². The van der Waals surface area contributed by atoms with Crippen molar-refractivity contribution in [3.63, 3.8) is 0 Å². The molecule has 0 heterocycles. The van der Waals surface area contributed by atoms with Gasteiger partial charge in [0.15, 0.2) is 0 Å². The second kappa shape index (κ2) is 17.1. The van der Waals surface area contributed by atoms with Crippen LogP contribution in [0.4, 0.5) is 5.69 Å². The average molecular weight is 634 g/mol. The van der Waals surface area contributed by atoms with Gasteiger partial charge in [-0.25, -0.2) is 0 Å². The zero-order valence-electron chi connectivity index (χ0n) is 27.3. The molecule has 1 aliphatic carbocycles. The van der Waals surface area contributed by atoms with Crippen LogP contribution in [-0.2, 0) is 0 Å². The fourth-order valence-electron chi connectivity index (χ4n) is 6.40. The zero-order valence-corrected chi connectivity index (χ0v) is 28.2. The number of hydrogen-bond acceptors (Lipinski definition) is 3. The van der Waals surface area contributed by atoms with Crippen molar-refractivity contribution < 1.29 is 9.59 Å². The first-order chi connectivity index (χ1) is 22.6. The smallest absolute Gasteiger partial charge is 0.253 e. The van der Waals surface area contributed by atoms with E-state index in [9.17, 15) is 9.59 Å². The molecule has 240 valence electrons. The molecule has 0 spiro atoms. The Kier molecular flexibility index (Phi) is 12.4. The Morgan fingerprint density at radius 1 is 0.630 bits per heavy atom. The van der Waals surface area contributed by atoms with E-state index in [1.165, 1.54) is 10.6 Å². The van der Waals surface area contributed by atoms with Crippen LogP contribution in [0.1, 0.15) is 85.9 Å². The second-order valence-corrected chi connectivity index (χ2v) is 14.4. The first-order valence-electron chi connectivity index (χ1n) is 17.1. The first-order valence-corrected chi connectivity index (χ1v) is 18.4. The van der Waals surface area contributed by atoms with E-state index in [1.807, 2.05) is 48.5 Å². The van der Waals surface area contributed by atoms with Crippen molar-refractivity contribution in [2.45, 2.75) is 77.3 Å². The maximum absolute atomic E-state index is 14.1. The normalized spacial score (nSPS) is 16.2. The van der Waals surface area contributed by atoms with Crippen molar-refractivity contribution in [2.24, 2.45) is 0 Å². The molecule has 6 heteroatoms. The van der Waals surface area contributed by atoms with Gasteiger partial charge in [0.1, 0.15) is 0 Å². The van der Waals surface area contributed by atoms with Gasteiger partial charge in [0, 0.05) is 36.4 Å². The Bertz CT molecular complexity index is 1500. The van der Waals surface area contributed by atoms with Gasteiger partial charge in [-0.1, -0.05) is 131 Å². The number of carbonyl (C=O) groups is 2. The van der Waals surface area contributed by atoms with Crippen LogP contribution in [0, 0.1) is 0 Å². The molecule has 0 aliphatic heterocycles. The Balaban J connectivity index is 1.37. The largest absolute Gasteiger partial charge is 0.371 e. The van der Waals surface area contributed by atoms with Crippen LogP contribution in [0.25, 0.3) is 0 Å². The quantitative estimate of drug-likeness (QED) is 0.143. The maximum Gasteiger partial charge on any atom is 0.253 e. The molecule has 0 bridgehead atoms. The summed E-state index contributed by atoms with van der Waals surface area (Å²) in [6, 6.07) is 36.7. The second-order valence-electron chi connectivity index (χ2n) is 12.2. The molecule has 1 fully saturated rings. The molecular formula is C40H48N3O2P. The minimum atomic E-state index is -0.932. The average Bonchev–Trinajstić information content (AvgIpc) is 3.10. The van der Waals surface area contributed by atoms with Crippen LogP contribution in [0.2, 0.25) is 0 Å². The molecule has 5 rings (SSSR count). The van der Waals surface area contributed by atoms with Crippen LogP contribution in [-0.4, -0.2) is 37.0 Å². The summed E-state index contributed by atoms with van der Waals surface area (Å²) in [6.45, 7) is 6.29.